The first-order chi connectivity index (χ1) is 7.33. The molecule has 0 unspecified atom stereocenters. The van der Waals surface area contributed by atoms with Crippen LogP contribution >= 0.6 is 0 Å². The zero-order valence-corrected chi connectivity index (χ0v) is 8.61. The van der Waals surface area contributed by atoms with Gasteiger partial charge in [-0.25, -0.2) is 5.90 Å². The number of hydrogen-bond donors (Lipinski definition) is 2. The lowest BCUT2D eigenvalue weighted by Crippen LogP contribution is -2.28. The first kappa shape index (κ1) is 11.7. The van der Waals surface area contributed by atoms with Crippen LogP contribution in [0.15, 0.2) is 30.3 Å². The minimum Gasteiger partial charge on any atom is -0.354 e. The Morgan fingerprint density at radius 2 is 2.07 bits per heavy atom. The predicted molar refractivity (Wildman–Crippen MR) is 57.9 cm³/mol. The van der Waals surface area contributed by atoms with E-state index in [1.165, 1.54) is 5.56 Å². The largest absolute Gasteiger partial charge is 0.354 e. The molecule has 4 nitrogen and oxygen atoms in total. The molecule has 0 saturated heterocycles. The molecule has 1 amide bonds. The number of rotatable bonds is 6. The Kier molecular flexibility index (Phi) is 5.43. The maximum absolute atomic E-state index is 11.3. The Morgan fingerprint density at radius 3 is 2.73 bits per heavy atom. The van der Waals surface area contributed by atoms with Crippen molar-refractivity contribution in [2.24, 2.45) is 5.90 Å². The van der Waals surface area contributed by atoms with E-state index in [1.54, 1.807) is 0 Å². The van der Waals surface area contributed by atoms with Crippen LogP contribution in [0.2, 0.25) is 0 Å². The van der Waals surface area contributed by atoms with Crippen LogP contribution in [0.3, 0.4) is 0 Å². The van der Waals surface area contributed by atoms with Gasteiger partial charge < -0.3 is 10.2 Å². The lowest BCUT2D eigenvalue weighted by atomic mass is 10.1. The SMILES string of the molecule is NOCCNC(=O)CCc1ccccc1. The molecular formula is C11H16N2O2. The molecule has 0 atom stereocenters. The Balaban J connectivity index is 2.17. The summed E-state index contributed by atoms with van der Waals surface area (Å²) in [6, 6.07) is 9.92. The standard InChI is InChI=1S/C11H16N2O2/c12-15-9-8-13-11(14)7-6-10-4-2-1-3-5-10/h1-5H,6-9,12H2,(H,13,14). The molecule has 0 aromatic heterocycles. The van der Waals surface area contributed by atoms with E-state index in [-0.39, 0.29) is 5.91 Å². The highest BCUT2D eigenvalue weighted by molar-refractivity contribution is 5.76. The van der Waals surface area contributed by atoms with Gasteiger partial charge in [0.1, 0.15) is 0 Å². The third kappa shape index (κ3) is 5.15. The second-order valence-electron chi connectivity index (χ2n) is 3.21. The zero-order chi connectivity index (χ0) is 10.9. The second-order valence-corrected chi connectivity index (χ2v) is 3.21. The first-order valence-electron chi connectivity index (χ1n) is 4.95. The van der Waals surface area contributed by atoms with Crippen LogP contribution in [0, 0.1) is 0 Å². The number of benzene rings is 1. The summed E-state index contributed by atoms with van der Waals surface area (Å²) in [6.07, 6.45) is 1.25. The second kappa shape index (κ2) is 6.98. The van der Waals surface area contributed by atoms with E-state index in [2.05, 4.69) is 10.2 Å². The Hall–Kier alpha value is -1.39. The molecule has 1 rings (SSSR count). The van der Waals surface area contributed by atoms with Gasteiger partial charge in [-0.1, -0.05) is 30.3 Å². The molecule has 15 heavy (non-hydrogen) atoms. The summed E-state index contributed by atoms with van der Waals surface area (Å²) in [5.74, 6) is 4.85. The van der Waals surface area contributed by atoms with Crippen molar-refractivity contribution < 1.29 is 9.63 Å². The topological polar surface area (TPSA) is 64.3 Å². The number of amides is 1. The fourth-order valence-corrected chi connectivity index (χ4v) is 1.24. The van der Waals surface area contributed by atoms with E-state index < -0.39 is 0 Å². The van der Waals surface area contributed by atoms with E-state index in [0.29, 0.717) is 19.6 Å². The average Bonchev–Trinajstić information content (AvgIpc) is 2.28. The molecule has 0 heterocycles. The van der Waals surface area contributed by atoms with Crippen LogP contribution in [0.25, 0.3) is 0 Å². The first-order valence-corrected chi connectivity index (χ1v) is 4.95. The molecule has 4 heteroatoms. The van der Waals surface area contributed by atoms with Gasteiger partial charge in [0.15, 0.2) is 0 Å². The monoisotopic (exact) mass is 208 g/mol. The van der Waals surface area contributed by atoms with Gasteiger partial charge in [-0.3, -0.25) is 4.79 Å². The molecule has 0 aliphatic carbocycles. The van der Waals surface area contributed by atoms with Gasteiger partial charge in [0.2, 0.25) is 5.91 Å². The van der Waals surface area contributed by atoms with Gasteiger partial charge >= 0.3 is 0 Å². The summed E-state index contributed by atoms with van der Waals surface area (Å²) in [4.78, 5) is 15.6. The maximum atomic E-state index is 11.3. The normalized spacial score (nSPS) is 9.93. The fraction of sp³-hybridized carbons (Fsp3) is 0.364. The van der Waals surface area contributed by atoms with Crippen LogP contribution in [0.1, 0.15) is 12.0 Å². The molecule has 0 spiro atoms. The van der Waals surface area contributed by atoms with E-state index >= 15 is 0 Å². The summed E-state index contributed by atoms with van der Waals surface area (Å²) in [5.41, 5.74) is 1.17. The highest BCUT2D eigenvalue weighted by Gasteiger charge is 2.00. The molecule has 0 aliphatic rings. The smallest absolute Gasteiger partial charge is 0.220 e. The summed E-state index contributed by atoms with van der Waals surface area (Å²) >= 11 is 0. The lowest BCUT2D eigenvalue weighted by molar-refractivity contribution is -0.121. The van der Waals surface area contributed by atoms with Crippen molar-refractivity contribution in [2.45, 2.75) is 12.8 Å². The van der Waals surface area contributed by atoms with E-state index in [0.717, 1.165) is 6.42 Å². The number of carbonyl (C=O) groups excluding carboxylic acids is 1. The van der Waals surface area contributed by atoms with Crippen molar-refractivity contribution in [1.82, 2.24) is 5.32 Å². The molecule has 1 aromatic rings. The van der Waals surface area contributed by atoms with Gasteiger partial charge in [0.25, 0.3) is 0 Å². The number of carbonyl (C=O) groups is 1. The molecule has 0 fully saturated rings. The zero-order valence-electron chi connectivity index (χ0n) is 8.61. The van der Waals surface area contributed by atoms with Crippen molar-refractivity contribution in [1.29, 1.82) is 0 Å². The Morgan fingerprint density at radius 1 is 1.33 bits per heavy atom. The van der Waals surface area contributed by atoms with Crippen LogP contribution in [-0.4, -0.2) is 19.1 Å². The summed E-state index contributed by atoms with van der Waals surface area (Å²) in [5, 5.41) is 2.71. The van der Waals surface area contributed by atoms with Gasteiger partial charge in [-0.15, -0.1) is 0 Å². The minimum atomic E-state index is 0.0240. The van der Waals surface area contributed by atoms with Gasteiger partial charge in [-0.05, 0) is 12.0 Å². The molecule has 82 valence electrons. The van der Waals surface area contributed by atoms with Crippen molar-refractivity contribution in [3.05, 3.63) is 35.9 Å². The Bertz CT molecular complexity index is 288. The van der Waals surface area contributed by atoms with Crippen LogP contribution in [-0.2, 0) is 16.1 Å². The molecule has 0 bridgehead atoms. The van der Waals surface area contributed by atoms with Crippen molar-refractivity contribution in [3.8, 4) is 0 Å². The quantitative estimate of drug-likeness (QED) is 0.532. The van der Waals surface area contributed by atoms with Crippen molar-refractivity contribution in [3.63, 3.8) is 0 Å². The van der Waals surface area contributed by atoms with Crippen LogP contribution in [0.4, 0.5) is 0 Å². The fourth-order valence-electron chi connectivity index (χ4n) is 1.24. The molecule has 0 saturated carbocycles. The van der Waals surface area contributed by atoms with E-state index in [4.69, 9.17) is 5.90 Å². The average molecular weight is 208 g/mol. The molecule has 3 N–H and O–H groups in total. The van der Waals surface area contributed by atoms with Crippen LogP contribution in [0.5, 0.6) is 0 Å². The number of aryl methyl sites for hydroxylation is 1. The maximum Gasteiger partial charge on any atom is 0.220 e. The van der Waals surface area contributed by atoms with Crippen LogP contribution < -0.4 is 11.2 Å². The highest BCUT2D eigenvalue weighted by atomic mass is 16.6. The number of hydrogen-bond acceptors (Lipinski definition) is 3. The predicted octanol–water partition coefficient (Wildman–Crippen LogP) is 0.626. The van der Waals surface area contributed by atoms with E-state index in [9.17, 15) is 4.79 Å². The van der Waals surface area contributed by atoms with Gasteiger partial charge in [0.05, 0.1) is 6.61 Å². The summed E-state index contributed by atoms with van der Waals surface area (Å²) in [7, 11) is 0. The Labute approximate surface area is 89.4 Å². The number of nitrogens with one attached hydrogen (secondary N) is 1. The lowest BCUT2D eigenvalue weighted by Gasteiger charge is -2.03. The van der Waals surface area contributed by atoms with Gasteiger partial charge in [-0.2, -0.15) is 0 Å². The molecule has 0 aliphatic heterocycles. The third-order valence-corrected chi connectivity index (χ3v) is 2.03. The summed E-state index contributed by atoms with van der Waals surface area (Å²) in [6.45, 7) is 0.807. The van der Waals surface area contributed by atoms with E-state index in [1.807, 2.05) is 30.3 Å². The summed E-state index contributed by atoms with van der Waals surface area (Å²) < 4.78 is 0. The third-order valence-electron chi connectivity index (χ3n) is 2.03. The minimum absolute atomic E-state index is 0.0240. The highest BCUT2D eigenvalue weighted by Crippen LogP contribution is 2.01. The number of nitrogens with two attached hydrogens (primary N) is 1. The van der Waals surface area contributed by atoms with Crippen molar-refractivity contribution in [2.75, 3.05) is 13.2 Å². The molecule has 0 radical (unpaired) electrons. The molecule has 1 aromatic carbocycles. The molecular weight excluding hydrogens is 192 g/mol. The van der Waals surface area contributed by atoms with Crippen molar-refractivity contribution >= 4 is 5.91 Å². The van der Waals surface area contributed by atoms with Gasteiger partial charge in [0, 0.05) is 13.0 Å².